The van der Waals surface area contributed by atoms with E-state index < -0.39 is 11.9 Å². The van der Waals surface area contributed by atoms with Crippen molar-refractivity contribution in [2.45, 2.75) is 32.9 Å². The lowest BCUT2D eigenvalue weighted by molar-refractivity contribution is -0.141. The summed E-state index contributed by atoms with van der Waals surface area (Å²) in [6, 6.07) is 3.10. The quantitative estimate of drug-likeness (QED) is 0.680. The summed E-state index contributed by atoms with van der Waals surface area (Å²) in [7, 11) is 0. The van der Waals surface area contributed by atoms with Gasteiger partial charge in [0.05, 0.1) is 0 Å². The monoisotopic (exact) mass is 203 g/mol. The first-order valence-corrected chi connectivity index (χ1v) is 4.37. The van der Waals surface area contributed by atoms with Gasteiger partial charge in [-0.15, -0.1) is 0 Å². The van der Waals surface area contributed by atoms with E-state index >= 15 is 0 Å². The molecule has 0 radical (unpaired) electrons. The topological polar surface area (TPSA) is 12.9 Å². The van der Waals surface area contributed by atoms with Crippen LogP contribution in [0.3, 0.4) is 0 Å². The average Bonchev–Trinajstić information content (AvgIpc) is 2.02. The van der Waals surface area contributed by atoms with Crippen molar-refractivity contribution in [2.75, 3.05) is 0 Å². The Bertz CT molecular complexity index is 329. The number of halogens is 3. The summed E-state index contributed by atoms with van der Waals surface area (Å²) in [5.74, 6) is 0.0108. The zero-order valence-corrected chi connectivity index (χ0v) is 8.31. The van der Waals surface area contributed by atoms with Crippen LogP contribution in [0.5, 0.6) is 0 Å². The molecular formula is C10H12F3N. The first-order chi connectivity index (χ1) is 6.32. The lowest BCUT2D eigenvalue weighted by Gasteiger charge is -2.12. The van der Waals surface area contributed by atoms with Crippen molar-refractivity contribution in [3.05, 3.63) is 29.1 Å². The van der Waals surface area contributed by atoms with Crippen molar-refractivity contribution in [3.63, 3.8) is 0 Å². The molecule has 0 aliphatic heterocycles. The second kappa shape index (κ2) is 3.59. The highest BCUT2D eigenvalue weighted by molar-refractivity contribution is 5.25. The summed E-state index contributed by atoms with van der Waals surface area (Å²) in [5.41, 5.74) is -0.131. The standard InChI is InChI=1S/C10H12F3N/c1-6(2)8-5-4-7(3)9(14-8)10(11,12)13/h4-6H,1-3H3. The Labute approximate surface area is 81.0 Å². The average molecular weight is 203 g/mol. The minimum absolute atomic E-state index is 0.0108. The number of aromatic nitrogens is 1. The third-order valence-corrected chi connectivity index (χ3v) is 1.98. The minimum Gasteiger partial charge on any atom is -0.248 e. The van der Waals surface area contributed by atoms with Crippen LogP contribution in [-0.4, -0.2) is 4.98 Å². The number of rotatable bonds is 1. The van der Waals surface area contributed by atoms with E-state index in [9.17, 15) is 13.2 Å². The van der Waals surface area contributed by atoms with Crippen LogP contribution in [0.4, 0.5) is 13.2 Å². The molecule has 1 heterocycles. The van der Waals surface area contributed by atoms with Gasteiger partial charge in [-0.2, -0.15) is 13.2 Å². The molecule has 0 unspecified atom stereocenters. The van der Waals surface area contributed by atoms with E-state index in [1.165, 1.54) is 13.0 Å². The molecule has 0 fully saturated rings. The lowest BCUT2D eigenvalue weighted by Crippen LogP contribution is -2.12. The Morgan fingerprint density at radius 3 is 2.21 bits per heavy atom. The maximum absolute atomic E-state index is 12.4. The maximum Gasteiger partial charge on any atom is 0.433 e. The van der Waals surface area contributed by atoms with E-state index in [1.54, 1.807) is 6.07 Å². The van der Waals surface area contributed by atoms with Gasteiger partial charge in [0.25, 0.3) is 0 Å². The van der Waals surface area contributed by atoms with Crippen LogP contribution < -0.4 is 0 Å². The van der Waals surface area contributed by atoms with E-state index in [2.05, 4.69) is 4.98 Å². The molecule has 0 aliphatic carbocycles. The zero-order valence-electron chi connectivity index (χ0n) is 8.31. The van der Waals surface area contributed by atoms with Crippen LogP contribution in [0.25, 0.3) is 0 Å². The Morgan fingerprint density at radius 1 is 1.21 bits per heavy atom. The molecule has 14 heavy (non-hydrogen) atoms. The van der Waals surface area contributed by atoms with E-state index in [-0.39, 0.29) is 11.5 Å². The van der Waals surface area contributed by atoms with Crippen LogP contribution in [0, 0.1) is 6.92 Å². The smallest absolute Gasteiger partial charge is 0.248 e. The number of alkyl halides is 3. The summed E-state index contributed by atoms with van der Waals surface area (Å²) in [6.45, 7) is 5.05. The predicted molar refractivity (Wildman–Crippen MR) is 48.1 cm³/mol. The van der Waals surface area contributed by atoms with E-state index in [0.717, 1.165) is 0 Å². The maximum atomic E-state index is 12.4. The molecule has 0 atom stereocenters. The zero-order chi connectivity index (χ0) is 10.9. The van der Waals surface area contributed by atoms with Gasteiger partial charge in [0, 0.05) is 5.69 Å². The van der Waals surface area contributed by atoms with Crippen molar-refractivity contribution >= 4 is 0 Å². The molecular weight excluding hydrogens is 191 g/mol. The molecule has 1 rings (SSSR count). The molecule has 0 N–H and O–H groups in total. The molecule has 0 aliphatic rings. The molecule has 0 aromatic carbocycles. The normalized spacial score (nSPS) is 12.2. The molecule has 0 amide bonds. The molecule has 78 valence electrons. The van der Waals surface area contributed by atoms with Crippen LogP contribution in [0.15, 0.2) is 12.1 Å². The van der Waals surface area contributed by atoms with Crippen molar-refractivity contribution in [1.82, 2.24) is 4.98 Å². The van der Waals surface area contributed by atoms with Crippen molar-refractivity contribution < 1.29 is 13.2 Å². The molecule has 1 nitrogen and oxygen atoms in total. The fraction of sp³-hybridized carbons (Fsp3) is 0.500. The molecule has 0 spiro atoms. The summed E-state index contributed by atoms with van der Waals surface area (Å²) in [6.07, 6.45) is -4.35. The van der Waals surface area contributed by atoms with Gasteiger partial charge in [-0.1, -0.05) is 19.9 Å². The molecule has 0 saturated heterocycles. The van der Waals surface area contributed by atoms with E-state index in [0.29, 0.717) is 5.69 Å². The van der Waals surface area contributed by atoms with Gasteiger partial charge in [0.1, 0.15) is 5.69 Å². The van der Waals surface area contributed by atoms with E-state index in [4.69, 9.17) is 0 Å². The first-order valence-electron chi connectivity index (χ1n) is 4.37. The number of hydrogen-bond acceptors (Lipinski definition) is 1. The van der Waals surface area contributed by atoms with Crippen LogP contribution in [0.2, 0.25) is 0 Å². The van der Waals surface area contributed by atoms with Crippen molar-refractivity contribution in [2.24, 2.45) is 0 Å². The Balaban J connectivity index is 3.22. The van der Waals surface area contributed by atoms with Crippen LogP contribution in [0.1, 0.15) is 36.7 Å². The van der Waals surface area contributed by atoms with Gasteiger partial charge in [-0.25, -0.2) is 4.98 Å². The molecule has 1 aromatic heterocycles. The largest absolute Gasteiger partial charge is 0.433 e. The van der Waals surface area contributed by atoms with Crippen molar-refractivity contribution in [1.29, 1.82) is 0 Å². The summed E-state index contributed by atoms with van der Waals surface area (Å²) in [4.78, 5) is 3.62. The summed E-state index contributed by atoms with van der Waals surface area (Å²) in [5, 5.41) is 0. The third kappa shape index (κ3) is 2.25. The van der Waals surface area contributed by atoms with Gasteiger partial charge in [-0.05, 0) is 24.5 Å². The Morgan fingerprint density at radius 2 is 1.79 bits per heavy atom. The fourth-order valence-electron chi connectivity index (χ4n) is 1.15. The van der Waals surface area contributed by atoms with Gasteiger partial charge >= 0.3 is 6.18 Å². The van der Waals surface area contributed by atoms with Gasteiger partial charge in [-0.3, -0.25) is 0 Å². The minimum atomic E-state index is -4.35. The first kappa shape index (κ1) is 11.0. The SMILES string of the molecule is Cc1ccc(C(C)C)nc1C(F)(F)F. The van der Waals surface area contributed by atoms with Gasteiger partial charge in [0.2, 0.25) is 0 Å². The summed E-state index contributed by atoms with van der Waals surface area (Å²) >= 11 is 0. The van der Waals surface area contributed by atoms with Crippen LogP contribution in [-0.2, 0) is 6.18 Å². The second-order valence-corrected chi connectivity index (χ2v) is 3.55. The highest BCUT2D eigenvalue weighted by Crippen LogP contribution is 2.31. The second-order valence-electron chi connectivity index (χ2n) is 3.55. The third-order valence-electron chi connectivity index (χ3n) is 1.98. The number of nitrogens with zero attached hydrogens (tertiary/aromatic N) is 1. The highest BCUT2D eigenvalue weighted by Gasteiger charge is 2.34. The lowest BCUT2D eigenvalue weighted by atomic mass is 10.1. The number of hydrogen-bond donors (Lipinski definition) is 0. The Kier molecular flexibility index (Phi) is 2.83. The van der Waals surface area contributed by atoms with Gasteiger partial charge in [0.15, 0.2) is 0 Å². The summed E-state index contributed by atoms with van der Waals surface area (Å²) < 4.78 is 37.3. The predicted octanol–water partition coefficient (Wildman–Crippen LogP) is 3.53. The molecule has 0 bridgehead atoms. The van der Waals surface area contributed by atoms with E-state index in [1.807, 2.05) is 13.8 Å². The number of pyridine rings is 1. The Hall–Kier alpha value is -1.06. The molecule has 4 heteroatoms. The molecule has 1 aromatic rings. The van der Waals surface area contributed by atoms with Crippen molar-refractivity contribution in [3.8, 4) is 0 Å². The fourth-order valence-corrected chi connectivity index (χ4v) is 1.15. The van der Waals surface area contributed by atoms with Crippen LogP contribution >= 0.6 is 0 Å². The molecule has 0 saturated carbocycles. The van der Waals surface area contributed by atoms with Gasteiger partial charge < -0.3 is 0 Å². The highest BCUT2D eigenvalue weighted by atomic mass is 19.4. The number of aryl methyl sites for hydroxylation is 1.